The summed E-state index contributed by atoms with van der Waals surface area (Å²) in [5, 5.41) is 11.9. The molecular formula is C20H25N3O5. The fraction of sp³-hybridized carbons (Fsp3) is 0.350. The van der Waals surface area contributed by atoms with Crippen molar-refractivity contribution < 1.29 is 24.2 Å². The third-order valence-electron chi connectivity index (χ3n) is 3.78. The lowest BCUT2D eigenvalue weighted by Crippen LogP contribution is -2.29. The number of nitrogens with one attached hydrogen (secondary N) is 1. The maximum Gasteiger partial charge on any atom is 0.407 e. The van der Waals surface area contributed by atoms with Gasteiger partial charge in [-0.3, -0.25) is 0 Å². The smallest absolute Gasteiger partial charge is 0.407 e. The van der Waals surface area contributed by atoms with E-state index in [-0.39, 0.29) is 25.7 Å². The number of rotatable bonds is 9. The molecule has 0 spiro atoms. The molecule has 0 aliphatic carbocycles. The Morgan fingerprint density at radius 1 is 1.18 bits per heavy atom. The van der Waals surface area contributed by atoms with Crippen LogP contribution in [0.1, 0.15) is 30.5 Å². The highest BCUT2D eigenvalue weighted by molar-refractivity contribution is 5.72. The Hall–Kier alpha value is -3.13. The number of nitrogens with two attached hydrogens (primary N) is 1. The van der Waals surface area contributed by atoms with Crippen LogP contribution in [0.5, 0.6) is 0 Å². The number of aromatic nitrogens is 1. The summed E-state index contributed by atoms with van der Waals surface area (Å²) in [6, 6.07) is 10.7. The number of amides is 1. The zero-order valence-electron chi connectivity index (χ0n) is 15.9. The second-order valence-electron chi connectivity index (χ2n) is 6.56. The number of anilines is 1. The normalized spacial score (nSPS) is 11.8. The molecule has 2 rings (SSSR count). The van der Waals surface area contributed by atoms with E-state index in [2.05, 4.69) is 10.3 Å². The van der Waals surface area contributed by atoms with Gasteiger partial charge in [0.1, 0.15) is 12.4 Å². The summed E-state index contributed by atoms with van der Waals surface area (Å²) in [6.07, 6.45) is 0.132. The van der Waals surface area contributed by atoms with Gasteiger partial charge in [-0.2, -0.15) is 0 Å². The van der Waals surface area contributed by atoms with E-state index in [0.29, 0.717) is 5.82 Å². The minimum Gasteiger partial charge on any atom is -0.479 e. The van der Waals surface area contributed by atoms with E-state index in [9.17, 15) is 14.7 Å². The van der Waals surface area contributed by atoms with Gasteiger partial charge in [0.25, 0.3) is 0 Å². The van der Waals surface area contributed by atoms with Crippen LogP contribution in [-0.4, -0.2) is 34.4 Å². The van der Waals surface area contributed by atoms with Crippen LogP contribution in [0.3, 0.4) is 0 Å². The topological polar surface area (TPSA) is 124 Å². The highest BCUT2D eigenvalue weighted by Crippen LogP contribution is 2.12. The van der Waals surface area contributed by atoms with E-state index < -0.39 is 18.2 Å². The highest BCUT2D eigenvalue weighted by atomic mass is 16.5. The molecule has 150 valence electrons. The predicted octanol–water partition coefficient (Wildman–Crippen LogP) is 2.51. The first kappa shape index (κ1) is 21.2. The molecule has 0 aliphatic heterocycles. The molecule has 0 saturated carbocycles. The number of alkyl carbamates (subject to hydrolysis) is 1. The van der Waals surface area contributed by atoms with Gasteiger partial charge < -0.3 is 25.6 Å². The third-order valence-corrected chi connectivity index (χ3v) is 3.78. The van der Waals surface area contributed by atoms with E-state index >= 15 is 0 Å². The number of ether oxygens (including phenoxy) is 2. The minimum atomic E-state index is -1.00. The van der Waals surface area contributed by atoms with Crippen LogP contribution >= 0.6 is 0 Å². The van der Waals surface area contributed by atoms with Crippen molar-refractivity contribution in [3.63, 3.8) is 0 Å². The number of carbonyl (C=O) groups is 2. The third kappa shape index (κ3) is 7.24. The molecule has 1 atom stereocenters. The number of hydrogen-bond donors (Lipinski definition) is 3. The van der Waals surface area contributed by atoms with Crippen molar-refractivity contribution in [1.82, 2.24) is 10.3 Å². The van der Waals surface area contributed by atoms with Gasteiger partial charge in [0.05, 0.1) is 6.10 Å². The van der Waals surface area contributed by atoms with Crippen molar-refractivity contribution in [2.45, 2.75) is 45.6 Å². The molecule has 0 aliphatic rings. The highest BCUT2D eigenvalue weighted by Gasteiger charge is 2.20. The Morgan fingerprint density at radius 3 is 2.57 bits per heavy atom. The summed E-state index contributed by atoms with van der Waals surface area (Å²) in [6.45, 7) is 3.94. The van der Waals surface area contributed by atoms with E-state index in [1.54, 1.807) is 32.2 Å². The second kappa shape index (κ2) is 10.3. The number of carbonyl (C=O) groups excluding carboxylic acids is 1. The number of nitrogen functional groups attached to an aromatic ring is 1. The summed E-state index contributed by atoms with van der Waals surface area (Å²) in [5.41, 5.74) is 7.88. The van der Waals surface area contributed by atoms with Crippen LogP contribution < -0.4 is 11.1 Å². The zero-order chi connectivity index (χ0) is 20.5. The monoisotopic (exact) mass is 387 g/mol. The molecule has 0 radical (unpaired) electrons. The van der Waals surface area contributed by atoms with E-state index in [0.717, 1.165) is 16.7 Å². The van der Waals surface area contributed by atoms with Crippen LogP contribution in [-0.2, 0) is 33.8 Å². The van der Waals surface area contributed by atoms with Crippen LogP contribution in [0.15, 0.2) is 42.6 Å². The van der Waals surface area contributed by atoms with Gasteiger partial charge >= 0.3 is 12.1 Å². The molecule has 1 aromatic heterocycles. The molecule has 0 bridgehead atoms. The first-order chi connectivity index (χ1) is 13.3. The Kier molecular flexibility index (Phi) is 7.76. The summed E-state index contributed by atoms with van der Waals surface area (Å²) < 4.78 is 10.6. The number of carboxylic acid groups (broad SMARTS) is 1. The van der Waals surface area contributed by atoms with Crippen molar-refractivity contribution in [3.05, 3.63) is 59.3 Å². The summed E-state index contributed by atoms with van der Waals surface area (Å²) >= 11 is 0. The minimum absolute atomic E-state index is 0.0893. The molecule has 0 saturated heterocycles. The van der Waals surface area contributed by atoms with Crippen LogP contribution in [0, 0.1) is 0 Å². The first-order valence-corrected chi connectivity index (χ1v) is 8.90. The molecule has 2 aromatic rings. The van der Waals surface area contributed by atoms with E-state index in [1.165, 1.54) is 0 Å². The van der Waals surface area contributed by atoms with Gasteiger partial charge in [-0.25, -0.2) is 14.6 Å². The first-order valence-electron chi connectivity index (χ1n) is 8.90. The average Bonchev–Trinajstić information content (AvgIpc) is 2.65. The lowest BCUT2D eigenvalue weighted by atomic mass is 10.0. The fourth-order valence-electron chi connectivity index (χ4n) is 2.50. The number of hydrogen-bond acceptors (Lipinski definition) is 6. The van der Waals surface area contributed by atoms with Crippen LogP contribution in [0.2, 0.25) is 0 Å². The van der Waals surface area contributed by atoms with Crippen LogP contribution in [0.4, 0.5) is 10.6 Å². The number of pyridine rings is 1. The summed E-state index contributed by atoms with van der Waals surface area (Å²) in [7, 11) is 0. The van der Waals surface area contributed by atoms with Crippen molar-refractivity contribution in [2.24, 2.45) is 0 Å². The molecule has 0 unspecified atom stereocenters. The Labute approximate surface area is 163 Å². The van der Waals surface area contributed by atoms with Gasteiger partial charge in [0, 0.05) is 24.7 Å². The molecule has 0 fully saturated rings. The van der Waals surface area contributed by atoms with Crippen molar-refractivity contribution in [2.75, 3.05) is 5.73 Å². The zero-order valence-corrected chi connectivity index (χ0v) is 15.9. The van der Waals surface area contributed by atoms with Gasteiger partial charge in [-0.05, 0) is 31.0 Å². The molecule has 28 heavy (non-hydrogen) atoms. The number of aliphatic carboxylic acids is 1. The number of benzene rings is 1. The largest absolute Gasteiger partial charge is 0.479 e. The maximum atomic E-state index is 11.9. The molecule has 1 heterocycles. The van der Waals surface area contributed by atoms with Gasteiger partial charge in [-0.1, -0.05) is 30.3 Å². The molecule has 1 amide bonds. The van der Waals surface area contributed by atoms with Gasteiger partial charge in [0.2, 0.25) is 0 Å². The summed E-state index contributed by atoms with van der Waals surface area (Å²) in [4.78, 5) is 27.1. The van der Waals surface area contributed by atoms with Crippen molar-refractivity contribution in [3.8, 4) is 0 Å². The summed E-state index contributed by atoms with van der Waals surface area (Å²) in [5.74, 6) is -0.602. The van der Waals surface area contributed by atoms with E-state index in [1.807, 2.05) is 24.3 Å². The van der Waals surface area contributed by atoms with Crippen molar-refractivity contribution >= 4 is 17.9 Å². The quantitative estimate of drug-likeness (QED) is 0.604. The molecular weight excluding hydrogens is 362 g/mol. The molecule has 8 heteroatoms. The Balaban J connectivity index is 1.85. The lowest BCUT2D eigenvalue weighted by Gasteiger charge is -2.17. The van der Waals surface area contributed by atoms with Crippen LogP contribution in [0.25, 0.3) is 0 Å². The second-order valence-corrected chi connectivity index (χ2v) is 6.56. The number of carboxylic acids is 1. The fourth-order valence-corrected chi connectivity index (χ4v) is 2.50. The van der Waals surface area contributed by atoms with E-state index in [4.69, 9.17) is 15.2 Å². The number of nitrogens with zero attached hydrogens (tertiary/aromatic N) is 1. The van der Waals surface area contributed by atoms with Gasteiger partial charge in [0.15, 0.2) is 6.10 Å². The predicted molar refractivity (Wildman–Crippen MR) is 103 cm³/mol. The maximum absolute atomic E-state index is 11.9. The van der Waals surface area contributed by atoms with Gasteiger partial charge in [-0.15, -0.1) is 0 Å². The lowest BCUT2D eigenvalue weighted by molar-refractivity contribution is -0.153. The standard InChI is InChI=1S/C20H25N3O5/c1-13(2)28-17(19(24)25)9-14-4-3-5-15(8-14)10-23-20(26)27-12-16-6-7-18(21)22-11-16/h3-8,11,13,17H,9-10,12H2,1-2H3,(H2,21,22)(H,23,26)(H,24,25)/t17-/m0/s1. The molecule has 8 nitrogen and oxygen atoms in total. The molecule has 4 N–H and O–H groups in total. The average molecular weight is 387 g/mol. The van der Waals surface area contributed by atoms with Crippen molar-refractivity contribution in [1.29, 1.82) is 0 Å². The SMILES string of the molecule is CC(C)O[C@@H](Cc1cccc(CNC(=O)OCc2ccc(N)nc2)c1)C(=O)O. The molecule has 1 aromatic carbocycles. The Bertz CT molecular complexity index is 793. The Morgan fingerprint density at radius 2 is 1.93 bits per heavy atom.